The molecule has 1 heterocycles. The van der Waals surface area contributed by atoms with Gasteiger partial charge in [0.2, 0.25) is 0 Å². The molecule has 2 aromatic rings. The lowest BCUT2D eigenvalue weighted by molar-refractivity contribution is 0.271. The highest BCUT2D eigenvalue weighted by molar-refractivity contribution is 5.29. The molecule has 108 valence electrons. The van der Waals surface area contributed by atoms with Crippen molar-refractivity contribution in [2.24, 2.45) is 5.92 Å². The summed E-state index contributed by atoms with van der Waals surface area (Å²) >= 11 is 0. The smallest absolute Gasteiger partial charge is 0.119 e. The highest BCUT2D eigenvalue weighted by Crippen LogP contribution is 2.18. The third kappa shape index (κ3) is 4.38. The molecule has 1 aromatic carbocycles. The number of aromatic amines is 1. The molecule has 0 saturated carbocycles. The molecule has 1 unspecified atom stereocenters. The molecule has 0 aliphatic heterocycles. The van der Waals surface area contributed by atoms with E-state index in [1.807, 2.05) is 18.2 Å². The number of hydrogen-bond donors (Lipinski definition) is 2. The number of rotatable bonds is 7. The molecule has 2 rings (SSSR count). The molecule has 2 N–H and O–H groups in total. The Morgan fingerprint density at radius 3 is 2.50 bits per heavy atom. The third-order valence-corrected chi connectivity index (χ3v) is 3.12. The van der Waals surface area contributed by atoms with Gasteiger partial charge in [-0.15, -0.1) is 0 Å². The number of ether oxygens (including phenoxy) is 1. The van der Waals surface area contributed by atoms with Crippen molar-refractivity contribution in [2.75, 3.05) is 6.61 Å². The summed E-state index contributed by atoms with van der Waals surface area (Å²) < 4.78 is 5.69. The summed E-state index contributed by atoms with van der Waals surface area (Å²) in [5.74, 6) is 1.48. The first-order valence-electron chi connectivity index (χ1n) is 7.09. The zero-order valence-corrected chi connectivity index (χ0v) is 12.4. The molecular weight excluding hydrogens is 250 g/mol. The maximum Gasteiger partial charge on any atom is 0.119 e. The second-order valence-electron chi connectivity index (χ2n) is 5.46. The van der Waals surface area contributed by atoms with Crippen molar-refractivity contribution in [3.63, 3.8) is 0 Å². The maximum absolute atomic E-state index is 5.69. The SMILES string of the molecule is CC(C)COc1ccc(C(C)NCc2ccn[nH]2)cc1. The Kier molecular flexibility index (Phi) is 5.18. The van der Waals surface area contributed by atoms with Gasteiger partial charge in [-0.25, -0.2) is 0 Å². The minimum absolute atomic E-state index is 0.289. The molecule has 1 atom stereocenters. The minimum Gasteiger partial charge on any atom is -0.493 e. The summed E-state index contributed by atoms with van der Waals surface area (Å²) in [5, 5.41) is 10.3. The molecule has 20 heavy (non-hydrogen) atoms. The third-order valence-electron chi connectivity index (χ3n) is 3.12. The Morgan fingerprint density at radius 1 is 1.15 bits per heavy atom. The van der Waals surface area contributed by atoms with Crippen molar-refractivity contribution in [3.05, 3.63) is 47.8 Å². The Bertz CT molecular complexity index is 491. The van der Waals surface area contributed by atoms with E-state index in [1.54, 1.807) is 6.20 Å². The fourth-order valence-electron chi connectivity index (χ4n) is 1.88. The maximum atomic E-state index is 5.69. The summed E-state index contributed by atoms with van der Waals surface area (Å²) in [7, 11) is 0. The standard InChI is InChI=1S/C16H23N3O/c1-12(2)11-20-16-6-4-14(5-7-16)13(3)17-10-15-8-9-18-19-15/h4-9,12-13,17H,10-11H2,1-3H3,(H,18,19). The van der Waals surface area contributed by atoms with E-state index in [2.05, 4.69) is 48.4 Å². The molecule has 0 spiro atoms. The van der Waals surface area contributed by atoms with Crippen molar-refractivity contribution in [3.8, 4) is 5.75 Å². The van der Waals surface area contributed by atoms with E-state index >= 15 is 0 Å². The second-order valence-corrected chi connectivity index (χ2v) is 5.46. The lowest BCUT2D eigenvalue weighted by Gasteiger charge is -2.15. The van der Waals surface area contributed by atoms with E-state index in [0.29, 0.717) is 5.92 Å². The Morgan fingerprint density at radius 2 is 1.90 bits per heavy atom. The van der Waals surface area contributed by atoms with Crippen LogP contribution in [-0.2, 0) is 6.54 Å². The van der Waals surface area contributed by atoms with Crippen LogP contribution in [0.2, 0.25) is 0 Å². The van der Waals surface area contributed by atoms with Crippen LogP contribution in [0.4, 0.5) is 0 Å². The van der Waals surface area contributed by atoms with Crippen molar-refractivity contribution < 1.29 is 4.74 Å². The first kappa shape index (κ1) is 14.6. The van der Waals surface area contributed by atoms with Crippen LogP contribution in [0.25, 0.3) is 0 Å². The molecule has 4 nitrogen and oxygen atoms in total. The highest BCUT2D eigenvalue weighted by atomic mass is 16.5. The lowest BCUT2D eigenvalue weighted by atomic mass is 10.1. The Labute approximate surface area is 120 Å². The van der Waals surface area contributed by atoms with E-state index < -0.39 is 0 Å². The van der Waals surface area contributed by atoms with Gasteiger partial charge in [-0.2, -0.15) is 5.10 Å². The first-order chi connectivity index (χ1) is 9.65. The fourth-order valence-corrected chi connectivity index (χ4v) is 1.88. The van der Waals surface area contributed by atoms with Crippen LogP contribution >= 0.6 is 0 Å². The number of hydrogen-bond acceptors (Lipinski definition) is 3. The summed E-state index contributed by atoms with van der Waals surface area (Å²) in [4.78, 5) is 0. The van der Waals surface area contributed by atoms with E-state index in [1.165, 1.54) is 5.56 Å². The van der Waals surface area contributed by atoms with Gasteiger partial charge in [-0.1, -0.05) is 26.0 Å². The Hall–Kier alpha value is -1.81. The van der Waals surface area contributed by atoms with Crippen LogP contribution in [0, 0.1) is 5.92 Å². The van der Waals surface area contributed by atoms with Gasteiger partial charge in [-0.05, 0) is 36.6 Å². The van der Waals surface area contributed by atoms with Crippen molar-refractivity contribution in [2.45, 2.75) is 33.4 Å². The monoisotopic (exact) mass is 273 g/mol. The van der Waals surface area contributed by atoms with Gasteiger partial charge in [0.1, 0.15) is 5.75 Å². The molecule has 1 aromatic heterocycles. The number of nitrogens with zero attached hydrogens (tertiary/aromatic N) is 1. The Balaban J connectivity index is 1.85. The predicted octanol–water partition coefficient (Wildman–Crippen LogP) is 3.30. The molecule has 0 fully saturated rings. The number of nitrogens with one attached hydrogen (secondary N) is 2. The van der Waals surface area contributed by atoms with E-state index in [0.717, 1.165) is 24.6 Å². The topological polar surface area (TPSA) is 49.9 Å². The largest absolute Gasteiger partial charge is 0.493 e. The molecule has 0 amide bonds. The summed E-state index contributed by atoms with van der Waals surface area (Å²) in [6.45, 7) is 7.99. The molecule has 0 saturated heterocycles. The summed E-state index contributed by atoms with van der Waals surface area (Å²) in [6.07, 6.45) is 1.77. The average molecular weight is 273 g/mol. The molecule has 0 bridgehead atoms. The molecule has 4 heteroatoms. The van der Waals surface area contributed by atoms with Gasteiger partial charge in [0.15, 0.2) is 0 Å². The van der Waals surface area contributed by atoms with Gasteiger partial charge in [-0.3, -0.25) is 5.10 Å². The molecule has 0 radical (unpaired) electrons. The predicted molar refractivity (Wildman–Crippen MR) is 80.6 cm³/mol. The second kappa shape index (κ2) is 7.10. The highest BCUT2D eigenvalue weighted by Gasteiger charge is 2.06. The zero-order chi connectivity index (χ0) is 14.4. The summed E-state index contributed by atoms with van der Waals surface area (Å²) in [6, 6.07) is 10.6. The van der Waals surface area contributed by atoms with Crippen LogP contribution in [0.5, 0.6) is 5.75 Å². The van der Waals surface area contributed by atoms with Gasteiger partial charge in [0.25, 0.3) is 0 Å². The first-order valence-corrected chi connectivity index (χ1v) is 7.09. The van der Waals surface area contributed by atoms with Gasteiger partial charge < -0.3 is 10.1 Å². The fraction of sp³-hybridized carbons (Fsp3) is 0.438. The van der Waals surface area contributed by atoms with Crippen LogP contribution < -0.4 is 10.1 Å². The van der Waals surface area contributed by atoms with E-state index in [9.17, 15) is 0 Å². The van der Waals surface area contributed by atoms with Crippen molar-refractivity contribution in [1.82, 2.24) is 15.5 Å². The number of H-pyrrole nitrogens is 1. The molecule has 0 aliphatic carbocycles. The quantitative estimate of drug-likeness (QED) is 0.814. The molecular formula is C16H23N3O. The van der Waals surface area contributed by atoms with Crippen molar-refractivity contribution >= 4 is 0 Å². The van der Waals surface area contributed by atoms with Crippen LogP contribution in [0.15, 0.2) is 36.5 Å². The summed E-state index contributed by atoms with van der Waals surface area (Å²) in [5.41, 5.74) is 2.34. The zero-order valence-electron chi connectivity index (χ0n) is 12.4. The van der Waals surface area contributed by atoms with Gasteiger partial charge in [0.05, 0.1) is 6.61 Å². The number of benzene rings is 1. The van der Waals surface area contributed by atoms with Crippen LogP contribution in [0.1, 0.15) is 38.1 Å². The number of aromatic nitrogens is 2. The van der Waals surface area contributed by atoms with E-state index in [-0.39, 0.29) is 6.04 Å². The van der Waals surface area contributed by atoms with Gasteiger partial charge in [0, 0.05) is 24.5 Å². The van der Waals surface area contributed by atoms with Gasteiger partial charge >= 0.3 is 0 Å². The van der Waals surface area contributed by atoms with E-state index in [4.69, 9.17) is 4.74 Å². The van der Waals surface area contributed by atoms with Crippen molar-refractivity contribution in [1.29, 1.82) is 0 Å². The molecule has 0 aliphatic rings. The normalized spacial score (nSPS) is 12.6. The average Bonchev–Trinajstić information content (AvgIpc) is 2.96. The van der Waals surface area contributed by atoms with Crippen LogP contribution in [-0.4, -0.2) is 16.8 Å². The van der Waals surface area contributed by atoms with Crippen LogP contribution in [0.3, 0.4) is 0 Å². The lowest BCUT2D eigenvalue weighted by Crippen LogP contribution is -2.18. The minimum atomic E-state index is 0.289.